The molecule has 0 radical (unpaired) electrons. The third-order valence-electron chi connectivity index (χ3n) is 2.39. The zero-order chi connectivity index (χ0) is 13.2. The second-order valence-electron chi connectivity index (χ2n) is 3.65. The Bertz CT molecular complexity index is 698. The number of hydrogen-bond donors (Lipinski definition) is 1. The third-order valence-corrected chi connectivity index (χ3v) is 4.09. The van der Waals surface area contributed by atoms with Crippen molar-refractivity contribution in [2.24, 2.45) is 0 Å². The number of aromatic nitrogens is 3. The summed E-state index contributed by atoms with van der Waals surface area (Å²) < 4.78 is 6.46. The number of fused-ring (bicyclic) bond motifs is 1. The van der Waals surface area contributed by atoms with Crippen molar-refractivity contribution >= 4 is 44.7 Å². The molecule has 96 valence electrons. The van der Waals surface area contributed by atoms with Crippen molar-refractivity contribution < 1.29 is 4.42 Å². The summed E-state index contributed by atoms with van der Waals surface area (Å²) in [4.78, 5) is 12.9. The first-order chi connectivity index (χ1) is 9.26. The van der Waals surface area contributed by atoms with Crippen molar-refractivity contribution in [1.82, 2.24) is 15.0 Å². The maximum Gasteiger partial charge on any atom is 0.263 e. The standard InChI is InChI=1S/C12H9BrN4OS/c1-14-11-15-6-7(13)10(17-11)19-12-16-8-4-2-3-5-9(8)18-12/h2-6H,1H3,(H,14,15,17). The molecule has 0 fully saturated rings. The summed E-state index contributed by atoms with van der Waals surface area (Å²) in [6, 6.07) is 7.65. The lowest BCUT2D eigenvalue weighted by molar-refractivity contribution is 0.489. The van der Waals surface area contributed by atoms with Gasteiger partial charge in [0.1, 0.15) is 10.5 Å². The molecule has 0 aliphatic carbocycles. The third kappa shape index (κ3) is 2.57. The van der Waals surface area contributed by atoms with E-state index >= 15 is 0 Å². The van der Waals surface area contributed by atoms with E-state index in [1.165, 1.54) is 11.8 Å². The highest BCUT2D eigenvalue weighted by Crippen LogP contribution is 2.33. The highest BCUT2D eigenvalue weighted by atomic mass is 79.9. The highest BCUT2D eigenvalue weighted by molar-refractivity contribution is 9.10. The SMILES string of the molecule is CNc1ncc(Br)c(Sc2nc3ccccc3o2)n1. The molecule has 0 aliphatic heterocycles. The van der Waals surface area contributed by atoms with E-state index < -0.39 is 0 Å². The van der Waals surface area contributed by atoms with Crippen LogP contribution in [0.1, 0.15) is 0 Å². The van der Waals surface area contributed by atoms with Gasteiger partial charge in [-0.3, -0.25) is 0 Å². The Kier molecular flexibility index (Phi) is 3.39. The minimum absolute atomic E-state index is 0.557. The zero-order valence-corrected chi connectivity index (χ0v) is 12.3. The molecule has 1 N–H and O–H groups in total. The molecule has 0 spiro atoms. The number of hydrogen-bond acceptors (Lipinski definition) is 6. The second-order valence-corrected chi connectivity index (χ2v) is 5.44. The zero-order valence-electron chi connectivity index (χ0n) is 9.92. The first-order valence-electron chi connectivity index (χ1n) is 5.50. The Morgan fingerprint density at radius 3 is 2.89 bits per heavy atom. The highest BCUT2D eigenvalue weighted by Gasteiger charge is 2.11. The number of nitrogens with one attached hydrogen (secondary N) is 1. The Labute approximate surface area is 122 Å². The van der Waals surface area contributed by atoms with E-state index in [0.29, 0.717) is 11.2 Å². The summed E-state index contributed by atoms with van der Waals surface area (Å²) in [5, 5.41) is 4.21. The number of halogens is 1. The fourth-order valence-corrected chi connectivity index (χ4v) is 2.68. The van der Waals surface area contributed by atoms with Crippen LogP contribution >= 0.6 is 27.7 Å². The fourth-order valence-electron chi connectivity index (χ4n) is 1.52. The van der Waals surface area contributed by atoms with Crippen molar-refractivity contribution in [2.45, 2.75) is 10.2 Å². The molecule has 5 nitrogen and oxygen atoms in total. The first-order valence-corrected chi connectivity index (χ1v) is 7.11. The summed E-state index contributed by atoms with van der Waals surface area (Å²) in [6.07, 6.45) is 1.70. The van der Waals surface area contributed by atoms with Crippen LogP contribution in [-0.2, 0) is 0 Å². The van der Waals surface area contributed by atoms with Crippen molar-refractivity contribution in [2.75, 3.05) is 12.4 Å². The molecule has 7 heteroatoms. The molecule has 2 heterocycles. The van der Waals surface area contributed by atoms with E-state index in [-0.39, 0.29) is 0 Å². The number of rotatable bonds is 3. The molecule has 3 rings (SSSR count). The van der Waals surface area contributed by atoms with E-state index in [0.717, 1.165) is 20.6 Å². The van der Waals surface area contributed by atoms with Crippen LogP contribution < -0.4 is 5.32 Å². The molecule has 0 saturated carbocycles. The van der Waals surface area contributed by atoms with Gasteiger partial charge < -0.3 is 9.73 Å². The predicted molar refractivity (Wildman–Crippen MR) is 77.4 cm³/mol. The van der Waals surface area contributed by atoms with Crippen LogP contribution in [0.25, 0.3) is 11.1 Å². The van der Waals surface area contributed by atoms with Gasteiger partial charge in [0.15, 0.2) is 5.58 Å². The lowest BCUT2D eigenvalue weighted by atomic mass is 10.3. The van der Waals surface area contributed by atoms with Crippen LogP contribution in [0.15, 0.2) is 49.6 Å². The van der Waals surface area contributed by atoms with Gasteiger partial charge in [0.25, 0.3) is 5.22 Å². The van der Waals surface area contributed by atoms with Crippen molar-refractivity contribution in [3.8, 4) is 0 Å². The van der Waals surface area contributed by atoms with Crippen LogP contribution in [-0.4, -0.2) is 22.0 Å². The van der Waals surface area contributed by atoms with Gasteiger partial charge in [-0.1, -0.05) is 12.1 Å². The Hall–Kier alpha value is -1.60. The molecule has 0 saturated heterocycles. The summed E-state index contributed by atoms with van der Waals surface area (Å²) in [5.41, 5.74) is 1.60. The van der Waals surface area contributed by atoms with E-state index in [9.17, 15) is 0 Å². The minimum atomic E-state index is 0.557. The van der Waals surface area contributed by atoms with Crippen LogP contribution in [0.2, 0.25) is 0 Å². The molecule has 0 bridgehead atoms. The number of anilines is 1. The summed E-state index contributed by atoms with van der Waals surface area (Å²) >= 11 is 4.77. The molecule has 0 atom stereocenters. The lowest BCUT2D eigenvalue weighted by Crippen LogP contribution is -1.97. The van der Waals surface area contributed by atoms with E-state index in [4.69, 9.17) is 4.42 Å². The molecule has 19 heavy (non-hydrogen) atoms. The number of benzene rings is 1. The Morgan fingerprint density at radius 2 is 2.11 bits per heavy atom. The minimum Gasteiger partial charge on any atom is -0.431 e. The molecular weight excluding hydrogens is 328 g/mol. The monoisotopic (exact) mass is 336 g/mol. The molecule has 0 unspecified atom stereocenters. The Balaban J connectivity index is 1.96. The molecule has 0 amide bonds. The van der Waals surface area contributed by atoms with Gasteiger partial charge in [0.2, 0.25) is 5.95 Å². The molecular formula is C12H9BrN4OS. The average molecular weight is 337 g/mol. The maximum absolute atomic E-state index is 5.65. The number of para-hydroxylation sites is 2. The van der Waals surface area contributed by atoms with Crippen LogP contribution in [0.5, 0.6) is 0 Å². The molecule has 2 aromatic heterocycles. The van der Waals surface area contributed by atoms with Crippen molar-refractivity contribution in [3.63, 3.8) is 0 Å². The van der Waals surface area contributed by atoms with E-state index in [1.807, 2.05) is 24.3 Å². The summed E-state index contributed by atoms with van der Waals surface area (Å²) in [6.45, 7) is 0. The Morgan fingerprint density at radius 1 is 1.26 bits per heavy atom. The normalized spacial score (nSPS) is 10.8. The quantitative estimate of drug-likeness (QED) is 0.737. The first kappa shape index (κ1) is 12.4. The predicted octanol–water partition coefficient (Wildman–Crippen LogP) is 3.57. The maximum atomic E-state index is 5.65. The van der Waals surface area contributed by atoms with E-state index in [1.54, 1.807) is 13.2 Å². The molecule has 0 aliphatic rings. The van der Waals surface area contributed by atoms with Gasteiger partial charge in [-0.2, -0.15) is 0 Å². The largest absolute Gasteiger partial charge is 0.431 e. The van der Waals surface area contributed by atoms with Crippen LogP contribution in [0.3, 0.4) is 0 Å². The summed E-state index contributed by atoms with van der Waals surface area (Å²) in [5.74, 6) is 0.557. The van der Waals surface area contributed by atoms with Crippen LogP contribution in [0, 0.1) is 0 Å². The van der Waals surface area contributed by atoms with Gasteiger partial charge >= 0.3 is 0 Å². The summed E-state index contributed by atoms with van der Waals surface area (Å²) in [7, 11) is 1.77. The molecule has 3 aromatic rings. The van der Waals surface area contributed by atoms with Gasteiger partial charge in [0.05, 0.1) is 4.47 Å². The lowest BCUT2D eigenvalue weighted by Gasteiger charge is -2.02. The average Bonchev–Trinajstić information content (AvgIpc) is 2.83. The molecule has 1 aromatic carbocycles. The van der Waals surface area contributed by atoms with Gasteiger partial charge in [0, 0.05) is 13.2 Å². The smallest absolute Gasteiger partial charge is 0.263 e. The fraction of sp³-hybridized carbons (Fsp3) is 0.0833. The van der Waals surface area contributed by atoms with E-state index in [2.05, 4.69) is 36.2 Å². The van der Waals surface area contributed by atoms with Gasteiger partial charge in [-0.25, -0.2) is 15.0 Å². The second kappa shape index (κ2) is 5.18. The van der Waals surface area contributed by atoms with Crippen molar-refractivity contribution in [3.05, 3.63) is 34.9 Å². The van der Waals surface area contributed by atoms with Gasteiger partial charge in [-0.15, -0.1) is 0 Å². The number of nitrogens with zero attached hydrogens (tertiary/aromatic N) is 3. The number of oxazole rings is 1. The topological polar surface area (TPSA) is 63.8 Å². The van der Waals surface area contributed by atoms with Crippen molar-refractivity contribution in [1.29, 1.82) is 0 Å². The van der Waals surface area contributed by atoms with Crippen LogP contribution in [0.4, 0.5) is 5.95 Å². The van der Waals surface area contributed by atoms with Gasteiger partial charge in [-0.05, 0) is 39.8 Å².